The molecule has 0 heterocycles. The maximum Gasteiger partial charge on any atom is 0.305 e. The lowest BCUT2D eigenvalue weighted by Gasteiger charge is -2.16. The largest absolute Gasteiger partial charge is 0.491 e. The molecule has 0 atom stereocenters. The van der Waals surface area contributed by atoms with Crippen LogP contribution < -0.4 is 4.74 Å². The zero-order valence-electron chi connectivity index (χ0n) is 11.7. The number of carboxylic acids is 1. The molecule has 0 spiro atoms. The monoisotopic (exact) mass is 281 g/mol. The summed E-state index contributed by atoms with van der Waals surface area (Å²) in [5.74, 6) is -0.479. The number of carbonyl (C=O) groups excluding carboxylic acids is 1. The van der Waals surface area contributed by atoms with Crippen LogP contribution in [0.15, 0.2) is 24.3 Å². The van der Waals surface area contributed by atoms with Gasteiger partial charge < -0.3 is 19.5 Å². The summed E-state index contributed by atoms with van der Waals surface area (Å²) in [4.78, 5) is 23.9. The van der Waals surface area contributed by atoms with E-state index in [1.54, 1.807) is 38.4 Å². The molecule has 1 aromatic rings. The second-order valence-corrected chi connectivity index (χ2v) is 4.24. The third-order valence-electron chi connectivity index (χ3n) is 2.67. The number of methoxy groups -OCH3 is 1. The van der Waals surface area contributed by atoms with E-state index in [0.717, 1.165) is 0 Å². The molecule has 6 heteroatoms. The number of amides is 1. The third-order valence-corrected chi connectivity index (χ3v) is 2.67. The van der Waals surface area contributed by atoms with Gasteiger partial charge in [0.05, 0.1) is 13.0 Å². The van der Waals surface area contributed by atoms with E-state index in [1.807, 2.05) is 0 Å². The molecule has 110 valence electrons. The van der Waals surface area contributed by atoms with Crippen LogP contribution in [0.4, 0.5) is 0 Å². The summed E-state index contributed by atoms with van der Waals surface area (Å²) in [6.45, 7) is 1.13. The quantitative estimate of drug-likeness (QED) is 0.726. The van der Waals surface area contributed by atoms with Crippen LogP contribution in [0, 0.1) is 0 Å². The van der Waals surface area contributed by atoms with Gasteiger partial charge in [0.15, 0.2) is 0 Å². The minimum absolute atomic E-state index is 0.0690. The predicted octanol–water partition coefficient (Wildman–Crippen LogP) is 1.26. The van der Waals surface area contributed by atoms with E-state index in [2.05, 4.69) is 0 Å². The maximum atomic E-state index is 12.0. The van der Waals surface area contributed by atoms with Crippen LogP contribution in [-0.2, 0) is 9.53 Å². The van der Waals surface area contributed by atoms with Gasteiger partial charge in [-0.05, 0) is 24.3 Å². The zero-order chi connectivity index (χ0) is 15.0. The molecular weight excluding hydrogens is 262 g/mol. The molecule has 0 unspecified atom stereocenters. The fourth-order valence-corrected chi connectivity index (χ4v) is 1.52. The standard InChI is InChI=1S/C14H19NO5/c1-15(8-7-13(16)17)14(18)11-3-5-12(6-4-11)20-10-9-19-2/h3-6H,7-10H2,1-2H3,(H,16,17). The Balaban J connectivity index is 2.54. The Morgan fingerprint density at radius 3 is 2.40 bits per heavy atom. The molecule has 0 fully saturated rings. The van der Waals surface area contributed by atoms with Crippen molar-refractivity contribution < 1.29 is 24.2 Å². The van der Waals surface area contributed by atoms with Crippen LogP contribution in [0.3, 0.4) is 0 Å². The number of hydrogen-bond donors (Lipinski definition) is 1. The van der Waals surface area contributed by atoms with Gasteiger partial charge in [0.1, 0.15) is 12.4 Å². The molecule has 1 aromatic carbocycles. The predicted molar refractivity (Wildman–Crippen MR) is 73.0 cm³/mol. The number of hydrogen-bond acceptors (Lipinski definition) is 4. The minimum atomic E-state index is -0.924. The first-order chi connectivity index (χ1) is 9.54. The van der Waals surface area contributed by atoms with Crippen molar-refractivity contribution in [2.24, 2.45) is 0 Å². The molecule has 0 aliphatic heterocycles. The van der Waals surface area contributed by atoms with E-state index in [-0.39, 0.29) is 18.9 Å². The minimum Gasteiger partial charge on any atom is -0.491 e. The first kappa shape index (κ1) is 16.0. The highest BCUT2D eigenvalue weighted by Gasteiger charge is 2.12. The second-order valence-electron chi connectivity index (χ2n) is 4.24. The third kappa shape index (κ3) is 5.27. The lowest BCUT2D eigenvalue weighted by atomic mass is 10.2. The number of benzene rings is 1. The number of ether oxygens (including phenoxy) is 2. The van der Waals surface area contributed by atoms with Gasteiger partial charge in [-0.1, -0.05) is 0 Å². The Morgan fingerprint density at radius 1 is 1.20 bits per heavy atom. The van der Waals surface area contributed by atoms with Crippen molar-refractivity contribution in [1.29, 1.82) is 0 Å². The molecule has 0 bridgehead atoms. The number of carbonyl (C=O) groups is 2. The smallest absolute Gasteiger partial charge is 0.305 e. The second kappa shape index (κ2) is 8.16. The van der Waals surface area contributed by atoms with Crippen LogP contribution in [-0.4, -0.2) is 55.8 Å². The van der Waals surface area contributed by atoms with E-state index < -0.39 is 5.97 Å². The number of carboxylic acid groups (broad SMARTS) is 1. The summed E-state index contributed by atoms with van der Waals surface area (Å²) in [5.41, 5.74) is 0.497. The Bertz CT molecular complexity index is 443. The van der Waals surface area contributed by atoms with Crippen LogP contribution >= 0.6 is 0 Å². The maximum absolute atomic E-state index is 12.0. The molecule has 1 N–H and O–H groups in total. The van der Waals surface area contributed by atoms with Gasteiger partial charge in [0, 0.05) is 26.3 Å². The van der Waals surface area contributed by atoms with E-state index in [0.29, 0.717) is 24.5 Å². The summed E-state index contributed by atoms with van der Waals surface area (Å²) in [5, 5.41) is 8.59. The molecule has 0 saturated heterocycles. The van der Waals surface area contributed by atoms with Gasteiger partial charge in [0.25, 0.3) is 5.91 Å². The molecule has 0 aromatic heterocycles. The van der Waals surface area contributed by atoms with Crippen molar-refractivity contribution in [3.8, 4) is 5.75 Å². The Kier molecular flexibility index (Phi) is 6.52. The topological polar surface area (TPSA) is 76.1 Å². The summed E-state index contributed by atoms with van der Waals surface area (Å²) in [6.07, 6.45) is -0.0690. The average molecular weight is 281 g/mol. The normalized spacial score (nSPS) is 10.1. The molecule has 1 amide bonds. The Labute approximate surface area is 117 Å². The number of aliphatic carboxylic acids is 1. The molecule has 6 nitrogen and oxygen atoms in total. The highest BCUT2D eigenvalue weighted by atomic mass is 16.5. The summed E-state index contributed by atoms with van der Waals surface area (Å²) >= 11 is 0. The van der Waals surface area contributed by atoms with E-state index in [1.165, 1.54) is 4.90 Å². The molecular formula is C14H19NO5. The Morgan fingerprint density at radius 2 is 1.85 bits per heavy atom. The Hall–Kier alpha value is -2.08. The first-order valence-electron chi connectivity index (χ1n) is 6.23. The van der Waals surface area contributed by atoms with Crippen LogP contribution in [0.2, 0.25) is 0 Å². The van der Waals surface area contributed by atoms with Gasteiger partial charge in [-0.25, -0.2) is 0 Å². The van der Waals surface area contributed by atoms with Crippen molar-refractivity contribution in [3.63, 3.8) is 0 Å². The van der Waals surface area contributed by atoms with Crippen molar-refractivity contribution in [3.05, 3.63) is 29.8 Å². The number of nitrogens with zero attached hydrogens (tertiary/aromatic N) is 1. The fraction of sp³-hybridized carbons (Fsp3) is 0.429. The van der Waals surface area contributed by atoms with Gasteiger partial charge in [-0.3, -0.25) is 9.59 Å². The first-order valence-corrected chi connectivity index (χ1v) is 6.23. The molecule has 0 radical (unpaired) electrons. The highest BCUT2D eigenvalue weighted by molar-refractivity contribution is 5.94. The van der Waals surface area contributed by atoms with E-state index in [4.69, 9.17) is 14.6 Å². The van der Waals surface area contributed by atoms with Crippen molar-refractivity contribution >= 4 is 11.9 Å². The highest BCUT2D eigenvalue weighted by Crippen LogP contribution is 2.13. The van der Waals surface area contributed by atoms with Crippen LogP contribution in [0.25, 0.3) is 0 Å². The summed E-state index contributed by atoms with van der Waals surface area (Å²) in [6, 6.07) is 6.71. The van der Waals surface area contributed by atoms with Crippen LogP contribution in [0.5, 0.6) is 5.75 Å². The van der Waals surface area contributed by atoms with Crippen molar-refractivity contribution in [2.75, 3.05) is 33.9 Å². The molecule has 0 aliphatic rings. The molecule has 0 saturated carbocycles. The van der Waals surface area contributed by atoms with Gasteiger partial charge in [-0.2, -0.15) is 0 Å². The number of rotatable bonds is 8. The van der Waals surface area contributed by atoms with Crippen molar-refractivity contribution in [2.45, 2.75) is 6.42 Å². The zero-order valence-corrected chi connectivity index (χ0v) is 11.7. The lowest BCUT2D eigenvalue weighted by Crippen LogP contribution is -2.28. The summed E-state index contributed by atoms with van der Waals surface area (Å²) < 4.78 is 10.3. The SMILES string of the molecule is COCCOc1ccc(C(=O)N(C)CCC(=O)O)cc1. The van der Waals surface area contributed by atoms with E-state index >= 15 is 0 Å². The van der Waals surface area contributed by atoms with Gasteiger partial charge in [-0.15, -0.1) is 0 Å². The van der Waals surface area contributed by atoms with E-state index in [9.17, 15) is 9.59 Å². The molecule has 0 aliphatic carbocycles. The fourth-order valence-electron chi connectivity index (χ4n) is 1.52. The lowest BCUT2D eigenvalue weighted by molar-refractivity contribution is -0.137. The average Bonchev–Trinajstić information content (AvgIpc) is 2.45. The van der Waals surface area contributed by atoms with Gasteiger partial charge in [0.2, 0.25) is 0 Å². The van der Waals surface area contributed by atoms with Crippen LogP contribution in [0.1, 0.15) is 16.8 Å². The molecule has 20 heavy (non-hydrogen) atoms. The van der Waals surface area contributed by atoms with Gasteiger partial charge >= 0.3 is 5.97 Å². The summed E-state index contributed by atoms with van der Waals surface area (Å²) in [7, 11) is 3.17. The molecule has 1 rings (SSSR count). The van der Waals surface area contributed by atoms with Crippen molar-refractivity contribution in [1.82, 2.24) is 4.90 Å².